The zero-order valence-electron chi connectivity index (χ0n) is 11.3. The van der Waals surface area contributed by atoms with Crippen LogP contribution in [0.1, 0.15) is 12.8 Å². The van der Waals surface area contributed by atoms with Gasteiger partial charge in [0.1, 0.15) is 0 Å². The van der Waals surface area contributed by atoms with Crippen molar-refractivity contribution in [1.29, 1.82) is 0 Å². The third-order valence-corrected chi connectivity index (χ3v) is 3.60. The number of halogens is 1. The second-order valence-electron chi connectivity index (χ2n) is 5.04. The molecule has 108 valence electrons. The molecule has 2 aromatic rings. The van der Waals surface area contributed by atoms with Gasteiger partial charge in [0, 0.05) is 17.8 Å². The second-order valence-corrected chi connectivity index (χ2v) is 5.04. The minimum atomic E-state index is 0. The number of piperidine rings is 1. The van der Waals surface area contributed by atoms with E-state index < -0.39 is 0 Å². The van der Waals surface area contributed by atoms with E-state index in [1.807, 2.05) is 0 Å². The first-order chi connectivity index (χ1) is 9.42. The minimum absolute atomic E-state index is 0. The normalized spacial score (nSPS) is 18.3. The predicted molar refractivity (Wildman–Crippen MR) is 83.3 cm³/mol. The lowest BCUT2D eigenvalue weighted by Gasteiger charge is -2.23. The van der Waals surface area contributed by atoms with E-state index in [4.69, 9.17) is 4.42 Å². The van der Waals surface area contributed by atoms with Gasteiger partial charge in [-0.3, -0.25) is 0 Å². The number of rotatable bonds is 4. The maximum Gasteiger partial charge on any atom is 0.181 e. The summed E-state index contributed by atoms with van der Waals surface area (Å²) in [6.07, 6.45) is 5.79. The summed E-state index contributed by atoms with van der Waals surface area (Å²) in [5.74, 6) is 1.55. The number of nitrogens with zero attached hydrogens (tertiary/aromatic N) is 1. The Morgan fingerprint density at radius 2 is 2.15 bits per heavy atom. The molecule has 0 saturated carbocycles. The van der Waals surface area contributed by atoms with E-state index in [1.54, 1.807) is 6.20 Å². The molecule has 0 radical (unpaired) electrons. The van der Waals surface area contributed by atoms with Crippen LogP contribution in [-0.4, -0.2) is 24.6 Å². The molecule has 5 heteroatoms. The Bertz CT molecular complexity index is 492. The van der Waals surface area contributed by atoms with Crippen molar-refractivity contribution in [3.8, 4) is 11.3 Å². The van der Waals surface area contributed by atoms with Gasteiger partial charge < -0.3 is 15.1 Å². The molecule has 0 spiro atoms. The summed E-state index contributed by atoms with van der Waals surface area (Å²) in [4.78, 5) is 3.93. The van der Waals surface area contributed by atoms with Crippen molar-refractivity contribution in [1.82, 2.24) is 10.3 Å². The molecule has 1 aromatic carbocycles. The number of benzene rings is 1. The number of hydrogen-bond donors (Lipinski definition) is 2. The SMILES string of the molecule is Cl.c1ncc(-c2ccc(NCC3CCCNC3)cc2)o1. The molecule has 1 aromatic heterocycles. The van der Waals surface area contributed by atoms with Gasteiger partial charge in [-0.25, -0.2) is 4.98 Å². The molecule has 0 aliphatic carbocycles. The fourth-order valence-electron chi connectivity index (χ4n) is 2.47. The van der Waals surface area contributed by atoms with Crippen molar-refractivity contribution >= 4 is 18.1 Å². The summed E-state index contributed by atoms with van der Waals surface area (Å²) < 4.78 is 5.27. The molecule has 0 bridgehead atoms. The lowest BCUT2D eigenvalue weighted by Crippen LogP contribution is -2.33. The molecule has 2 N–H and O–H groups in total. The van der Waals surface area contributed by atoms with E-state index in [9.17, 15) is 0 Å². The number of oxazole rings is 1. The number of anilines is 1. The van der Waals surface area contributed by atoms with Gasteiger partial charge in [0.25, 0.3) is 0 Å². The van der Waals surface area contributed by atoms with Gasteiger partial charge in [-0.05, 0) is 56.1 Å². The van der Waals surface area contributed by atoms with Crippen molar-refractivity contribution in [2.24, 2.45) is 5.92 Å². The van der Waals surface area contributed by atoms with Crippen LogP contribution in [-0.2, 0) is 0 Å². The summed E-state index contributed by atoms with van der Waals surface area (Å²) in [5.41, 5.74) is 2.22. The lowest BCUT2D eigenvalue weighted by atomic mass is 10.00. The molecule has 1 aliphatic heterocycles. The van der Waals surface area contributed by atoms with Crippen molar-refractivity contribution < 1.29 is 4.42 Å². The van der Waals surface area contributed by atoms with Crippen molar-refractivity contribution in [2.75, 3.05) is 25.0 Å². The van der Waals surface area contributed by atoms with Crippen LogP contribution >= 0.6 is 12.4 Å². The Morgan fingerprint density at radius 3 is 2.80 bits per heavy atom. The van der Waals surface area contributed by atoms with E-state index in [0.717, 1.165) is 36.0 Å². The topological polar surface area (TPSA) is 50.1 Å². The van der Waals surface area contributed by atoms with Crippen molar-refractivity contribution in [3.05, 3.63) is 36.9 Å². The van der Waals surface area contributed by atoms with Crippen molar-refractivity contribution in [3.63, 3.8) is 0 Å². The highest BCUT2D eigenvalue weighted by Gasteiger charge is 2.12. The molecule has 1 unspecified atom stereocenters. The standard InChI is InChI=1S/C15H19N3O.ClH/c1-2-12(8-16-7-1)9-18-14-5-3-13(4-6-14)15-10-17-11-19-15;/h3-6,10-12,16,18H,1-2,7-9H2;1H. The third-order valence-electron chi connectivity index (χ3n) is 3.60. The number of nitrogens with one attached hydrogen (secondary N) is 2. The van der Waals surface area contributed by atoms with Gasteiger partial charge in [-0.1, -0.05) is 0 Å². The average molecular weight is 294 g/mol. The summed E-state index contributed by atoms with van der Waals surface area (Å²) in [5, 5.41) is 6.94. The number of hydrogen-bond acceptors (Lipinski definition) is 4. The zero-order chi connectivity index (χ0) is 12.9. The first-order valence-electron chi connectivity index (χ1n) is 6.85. The van der Waals surface area contributed by atoms with Crippen LogP contribution < -0.4 is 10.6 Å². The Balaban J connectivity index is 0.00000147. The minimum Gasteiger partial charge on any atom is -0.444 e. The average Bonchev–Trinajstić information content (AvgIpc) is 3.01. The zero-order valence-corrected chi connectivity index (χ0v) is 12.2. The molecule has 2 heterocycles. The van der Waals surface area contributed by atoms with Gasteiger partial charge in [-0.2, -0.15) is 0 Å². The molecular formula is C15H20ClN3O. The number of aromatic nitrogens is 1. The van der Waals surface area contributed by atoms with Crippen LogP contribution in [0.3, 0.4) is 0 Å². The maximum atomic E-state index is 5.27. The third kappa shape index (κ3) is 3.74. The van der Waals surface area contributed by atoms with Crippen molar-refractivity contribution in [2.45, 2.75) is 12.8 Å². The van der Waals surface area contributed by atoms with Crippen LogP contribution in [0.15, 0.2) is 41.3 Å². The highest BCUT2D eigenvalue weighted by atomic mass is 35.5. The molecule has 1 fully saturated rings. The molecule has 20 heavy (non-hydrogen) atoms. The highest BCUT2D eigenvalue weighted by Crippen LogP contribution is 2.21. The molecule has 4 nitrogen and oxygen atoms in total. The monoisotopic (exact) mass is 293 g/mol. The van der Waals surface area contributed by atoms with E-state index >= 15 is 0 Å². The van der Waals surface area contributed by atoms with Gasteiger partial charge in [0.2, 0.25) is 0 Å². The van der Waals surface area contributed by atoms with E-state index in [-0.39, 0.29) is 12.4 Å². The van der Waals surface area contributed by atoms with Crippen LogP contribution in [0.5, 0.6) is 0 Å². The summed E-state index contributed by atoms with van der Waals surface area (Å²) >= 11 is 0. The van der Waals surface area contributed by atoms with Crippen LogP contribution in [0.25, 0.3) is 11.3 Å². The molecule has 0 amide bonds. The first kappa shape index (κ1) is 14.9. The van der Waals surface area contributed by atoms with Gasteiger partial charge in [-0.15, -0.1) is 12.4 Å². The summed E-state index contributed by atoms with van der Waals surface area (Å²) in [6.45, 7) is 3.33. The molecular weight excluding hydrogens is 274 g/mol. The molecule has 1 saturated heterocycles. The molecule has 1 atom stereocenters. The second kappa shape index (κ2) is 7.31. The van der Waals surface area contributed by atoms with Gasteiger partial charge >= 0.3 is 0 Å². The lowest BCUT2D eigenvalue weighted by molar-refractivity contribution is 0.393. The highest BCUT2D eigenvalue weighted by molar-refractivity contribution is 5.85. The van der Waals surface area contributed by atoms with E-state index in [0.29, 0.717) is 0 Å². The molecule has 1 aliphatic rings. The predicted octanol–water partition coefficient (Wildman–Crippen LogP) is 3.17. The summed E-state index contributed by atoms with van der Waals surface area (Å²) in [6, 6.07) is 8.30. The first-order valence-corrected chi connectivity index (χ1v) is 6.85. The van der Waals surface area contributed by atoms with E-state index in [2.05, 4.69) is 39.9 Å². The smallest absolute Gasteiger partial charge is 0.181 e. The molecule has 3 rings (SSSR count). The van der Waals surface area contributed by atoms with Crippen LogP contribution in [0, 0.1) is 5.92 Å². The van der Waals surface area contributed by atoms with Gasteiger partial charge in [0.05, 0.1) is 6.20 Å². The fourth-order valence-corrected chi connectivity index (χ4v) is 2.47. The van der Waals surface area contributed by atoms with Crippen LogP contribution in [0.4, 0.5) is 5.69 Å². The Morgan fingerprint density at radius 1 is 1.30 bits per heavy atom. The maximum absolute atomic E-state index is 5.27. The Kier molecular flexibility index (Phi) is 5.44. The van der Waals surface area contributed by atoms with Crippen LogP contribution in [0.2, 0.25) is 0 Å². The van der Waals surface area contributed by atoms with Gasteiger partial charge in [0.15, 0.2) is 12.2 Å². The quantitative estimate of drug-likeness (QED) is 0.909. The Hall–Kier alpha value is -1.52. The fraction of sp³-hybridized carbons (Fsp3) is 0.400. The largest absolute Gasteiger partial charge is 0.444 e. The summed E-state index contributed by atoms with van der Waals surface area (Å²) in [7, 11) is 0. The van der Waals surface area contributed by atoms with E-state index in [1.165, 1.54) is 25.8 Å². The Labute approximate surface area is 125 Å².